The van der Waals surface area contributed by atoms with E-state index < -0.39 is 0 Å². The van der Waals surface area contributed by atoms with Crippen molar-refractivity contribution < 1.29 is 9.13 Å². The maximum Gasteiger partial charge on any atom is 0.123 e. The highest BCUT2D eigenvalue weighted by atomic mass is 19.1. The summed E-state index contributed by atoms with van der Waals surface area (Å²) in [6.45, 7) is 2.00. The fourth-order valence-corrected chi connectivity index (χ4v) is 1.91. The zero-order valence-electron chi connectivity index (χ0n) is 11.0. The molecule has 0 saturated carbocycles. The highest BCUT2D eigenvalue weighted by molar-refractivity contribution is 5.59. The Kier molecular flexibility index (Phi) is 3.90. The second-order valence-electron chi connectivity index (χ2n) is 4.41. The Balaban J connectivity index is 2.16. The Bertz CT molecular complexity index is 555. The topological polar surface area (TPSA) is 47.3 Å². The minimum atomic E-state index is -0.235. The molecule has 0 aliphatic heterocycles. The van der Waals surface area contributed by atoms with Crippen molar-refractivity contribution in [1.82, 2.24) is 0 Å². The van der Waals surface area contributed by atoms with Crippen LogP contribution in [0.1, 0.15) is 18.5 Å². The van der Waals surface area contributed by atoms with Gasteiger partial charge in [-0.05, 0) is 30.7 Å². The van der Waals surface area contributed by atoms with Crippen LogP contribution in [-0.2, 0) is 0 Å². The van der Waals surface area contributed by atoms with Crippen LogP contribution in [0.25, 0.3) is 0 Å². The number of benzene rings is 2. The molecule has 2 aromatic rings. The summed E-state index contributed by atoms with van der Waals surface area (Å²) in [7, 11) is 1.60. The number of rotatable bonds is 4. The molecule has 0 aliphatic carbocycles. The SMILES string of the molecule is COc1cc(N)cc(NC(C)c2ccc(F)cc2)c1. The third kappa shape index (κ3) is 3.37. The van der Waals surface area contributed by atoms with Crippen LogP contribution < -0.4 is 15.8 Å². The summed E-state index contributed by atoms with van der Waals surface area (Å²) in [4.78, 5) is 0. The van der Waals surface area contributed by atoms with E-state index in [1.807, 2.05) is 19.1 Å². The molecular formula is C15H17FN2O. The van der Waals surface area contributed by atoms with Gasteiger partial charge in [-0.1, -0.05) is 12.1 Å². The first-order valence-electron chi connectivity index (χ1n) is 6.05. The first-order valence-corrected chi connectivity index (χ1v) is 6.05. The van der Waals surface area contributed by atoms with Crippen LogP contribution in [0.5, 0.6) is 5.75 Å². The number of hydrogen-bond donors (Lipinski definition) is 2. The molecule has 1 atom stereocenters. The summed E-state index contributed by atoms with van der Waals surface area (Å²) in [5, 5.41) is 3.31. The van der Waals surface area contributed by atoms with Crippen LogP contribution in [0.3, 0.4) is 0 Å². The van der Waals surface area contributed by atoms with E-state index in [0.717, 1.165) is 11.3 Å². The van der Waals surface area contributed by atoms with Crippen molar-refractivity contribution >= 4 is 11.4 Å². The number of anilines is 2. The minimum Gasteiger partial charge on any atom is -0.497 e. The first-order chi connectivity index (χ1) is 9.08. The van der Waals surface area contributed by atoms with Gasteiger partial charge < -0.3 is 15.8 Å². The fraction of sp³-hybridized carbons (Fsp3) is 0.200. The average molecular weight is 260 g/mol. The minimum absolute atomic E-state index is 0.0482. The number of hydrogen-bond acceptors (Lipinski definition) is 3. The van der Waals surface area contributed by atoms with Gasteiger partial charge >= 0.3 is 0 Å². The summed E-state index contributed by atoms with van der Waals surface area (Å²) in [5.74, 6) is 0.468. The second-order valence-corrected chi connectivity index (χ2v) is 4.41. The molecule has 4 heteroatoms. The van der Waals surface area contributed by atoms with Crippen molar-refractivity contribution in [3.8, 4) is 5.75 Å². The molecule has 0 aliphatic rings. The first kappa shape index (κ1) is 13.2. The van der Waals surface area contributed by atoms with Gasteiger partial charge in [0.1, 0.15) is 11.6 Å². The Hall–Kier alpha value is -2.23. The normalized spacial score (nSPS) is 11.9. The quantitative estimate of drug-likeness (QED) is 0.826. The van der Waals surface area contributed by atoms with Gasteiger partial charge in [0.2, 0.25) is 0 Å². The van der Waals surface area contributed by atoms with Crippen molar-refractivity contribution in [2.75, 3.05) is 18.2 Å². The lowest BCUT2D eigenvalue weighted by Crippen LogP contribution is -2.07. The Morgan fingerprint density at radius 2 is 1.84 bits per heavy atom. The van der Waals surface area contributed by atoms with E-state index in [1.54, 1.807) is 25.3 Å². The summed E-state index contributed by atoms with van der Waals surface area (Å²) in [6.07, 6.45) is 0. The molecule has 0 saturated heterocycles. The fourth-order valence-electron chi connectivity index (χ4n) is 1.91. The highest BCUT2D eigenvalue weighted by Gasteiger charge is 2.07. The smallest absolute Gasteiger partial charge is 0.123 e. The van der Waals surface area contributed by atoms with Gasteiger partial charge in [0.15, 0.2) is 0 Å². The summed E-state index contributed by atoms with van der Waals surface area (Å²) >= 11 is 0. The van der Waals surface area contributed by atoms with Gasteiger partial charge in [-0.3, -0.25) is 0 Å². The lowest BCUT2D eigenvalue weighted by Gasteiger charge is -2.17. The molecule has 0 fully saturated rings. The molecule has 2 aromatic carbocycles. The van der Waals surface area contributed by atoms with E-state index in [4.69, 9.17) is 10.5 Å². The van der Waals surface area contributed by atoms with Crippen molar-refractivity contribution in [3.05, 3.63) is 53.8 Å². The monoisotopic (exact) mass is 260 g/mol. The van der Waals surface area contributed by atoms with Crippen LogP contribution in [0.15, 0.2) is 42.5 Å². The lowest BCUT2D eigenvalue weighted by atomic mass is 10.1. The molecule has 100 valence electrons. The predicted molar refractivity (Wildman–Crippen MR) is 75.8 cm³/mol. The maximum atomic E-state index is 12.9. The Morgan fingerprint density at radius 3 is 2.47 bits per heavy atom. The van der Waals surface area contributed by atoms with Crippen LogP contribution in [0.2, 0.25) is 0 Å². The van der Waals surface area contributed by atoms with Crippen molar-refractivity contribution in [2.24, 2.45) is 0 Å². The van der Waals surface area contributed by atoms with Gasteiger partial charge in [0.05, 0.1) is 7.11 Å². The molecule has 3 nitrogen and oxygen atoms in total. The number of methoxy groups -OCH3 is 1. The lowest BCUT2D eigenvalue weighted by molar-refractivity contribution is 0.415. The van der Waals surface area contributed by atoms with Crippen molar-refractivity contribution in [1.29, 1.82) is 0 Å². The van der Waals surface area contributed by atoms with Gasteiger partial charge in [-0.15, -0.1) is 0 Å². The van der Waals surface area contributed by atoms with Crippen LogP contribution in [0, 0.1) is 5.82 Å². The molecule has 0 amide bonds. The third-order valence-electron chi connectivity index (χ3n) is 2.92. The predicted octanol–water partition coefficient (Wildman–Crippen LogP) is 3.59. The van der Waals surface area contributed by atoms with Gasteiger partial charge in [-0.25, -0.2) is 4.39 Å². The van der Waals surface area contributed by atoms with Crippen molar-refractivity contribution in [3.63, 3.8) is 0 Å². The van der Waals surface area contributed by atoms with Crippen LogP contribution in [-0.4, -0.2) is 7.11 Å². The van der Waals surface area contributed by atoms with Gasteiger partial charge in [0, 0.05) is 29.5 Å². The molecular weight excluding hydrogens is 243 g/mol. The van der Waals surface area contributed by atoms with Gasteiger partial charge in [0.25, 0.3) is 0 Å². The van der Waals surface area contributed by atoms with Crippen LogP contribution >= 0.6 is 0 Å². The molecule has 3 N–H and O–H groups in total. The van der Waals surface area contributed by atoms with Crippen LogP contribution in [0.4, 0.5) is 15.8 Å². The number of nitrogens with two attached hydrogens (primary N) is 1. The standard InChI is InChI=1S/C15H17FN2O/c1-10(11-3-5-12(16)6-4-11)18-14-7-13(17)8-15(9-14)19-2/h3-10,18H,17H2,1-2H3. The van der Waals surface area contributed by atoms with E-state index in [2.05, 4.69) is 5.32 Å². The summed E-state index contributed by atoms with van der Waals surface area (Å²) in [6, 6.07) is 11.9. The second kappa shape index (κ2) is 5.61. The Morgan fingerprint density at radius 1 is 1.16 bits per heavy atom. The molecule has 19 heavy (non-hydrogen) atoms. The number of ether oxygens (including phenoxy) is 1. The highest BCUT2D eigenvalue weighted by Crippen LogP contribution is 2.26. The van der Waals surface area contributed by atoms with E-state index in [1.165, 1.54) is 12.1 Å². The Labute approximate surface area is 112 Å². The summed E-state index contributed by atoms with van der Waals surface area (Å²) in [5.41, 5.74) is 8.30. The molecule has 0 aromatic heterocycles. The van der Waals surface area contributed by atoms with E-state index >= 15 is 0 Å². The molecule has 0 heterocycles. The van der Waals surface area contributed by atoms with E-state index in [9.17, 15) is 4.39 Å². The zero-order chi connectivity index (χ0) is 13.8. The zero-order valence-corrected chi connectivity index (χ0v) is 11.0. The summed E-state index contributed by atoms with van der Waals surface area (Å²) < 4.78 is 18.0. The molecule has 0 bridgehead atoms. The molecule has 0 radical (unpaired) electrons. The third-order valence-corrected chi connectivity index (χ3v) is 2.92. The molecule has 1 unspecified atom stereocenters. The van der Waals surface area contributed by atoms with Gasteiger partial charge in [-0.2, -0.15) is 0 Å². The number of halogens is 1. The molecule has 2 rings (SSSR count). The number of nitrogen functional groups attached to an aromatic ring is 1. The van der Waals surface area contributed by atoms with Crippen molar-refractivity contribution in [2.45, 2.75) is 13.0 Å². The number of nitrogens with one attached hydrogen (secondary N) is 1. The largest absolute Gasteiger partial charge is 0.497 e. The van der Waals surface area contributed by atoms with E-state index in [0.29, 0.717) is 11.4 Å². The average Bonchev–Trinajstić information content (AvgIpc) is 2.38. The van der Waals surface area contributed by atoms with E-state index in [-0.39, 0.29) is 11.9 Å². The maximum absolute atomic E-state index is 12.9. The molecule has 0 spiro atoms.